The van der Waals surface area contributed by atoms with E-state index < -0.39 is 6.04 Å². The van der Waals surface area contributed by atoms with Gasteiger partial charge in [-0.25, -0.2) is 4.39 Å². The van der Waals surface area contributed by atoms with Gasteiger partial charge in [-0.15, -0.1) is 0 Å². The molecule has 0 aliphatic carbocycles. The molecule has 0 aliphatic heterocycles. The Labute approximate surface area is 218 Å². The van der Waals surface area contributed by atoms with Crippen LogP contribution in [0.25, 0.3) is 0 Å². The molecular weight excluding hydrogens is 471 g/mol. The highest BCUT2D eigenvalue weighted by molar-refractivity contribution is 5.89. The van der Waals surface area contributed by atoms with Crippen LogP contribution in [0.3, 0.4) is 0 Å². The molecule has 0 heterocycles. The molecule has 0 spiro atoms. The summed E-state index contributed by atoms with van der Waals surface area (Å²) in [6.07, 6.45) is 0.870. The fourth-order valence-corrected chi connectivity index (χ4v) is 4.07. The maximum Gasteiger partial charge on any atom is 0.247 e. The Bertz CT molecular complexity index is 1170. The molecule has 196 valence electrons. The van der Waals surface area contributed by atoms with Crippen LogP contribution < -0.4 is 14.8 Å². The van der Waals surface area contributed by atoms with E-state index in [-0.39, 0.29) is 30.6 Å². The zero-order valence-corrected chi connectivity index (χ0v) is 21.9. The second-order valence-corrected chi connectivity index (χ2v) is 9.30. The third kappa shape index (κ3) is 7.81. The highest BCUT2D eigenvalue weighted by atomic mass is 19.1. The molecule has 2 amide bonds. The molecular formula is C30H35FN2O4. The number of carbonyl (C=O) groups is 2. The van der Waals surface area contributed by atoms with Crippen LogP contribution >= 0.6 is 0 Å². The number of halogens is 1. The number of nitrogens with one attached hydrogen (secondary N) is 1. The van der Waals surface area contributed by atoms with Gasteiger partial charge in [0.1, 0.15) is 11.9 Å². The van der Waals surface area contributed by atoms with Crippen LogP contribution in [0.15, 0.2) is 72.8 Å². The molecule has 3 aromatic rings. The second kappa shape index (κ2) is 13.4. The smallest absolute Gasteiger partial charge is 0.247 e. The molecule has 0 bridgehead atoms. The lowest BCUT2D eigenvalue weighted by molar-refractivity contribution is -0.141. The quantitative estimate of drug-likeness (QED) is 0.361. The number of methoxy groups -OCH3 is 2. The predicted octanol–water partition coefficient (Wildman–Crippen LogP) is 5.32. The first-order valence-corrected chi connectivity index (χ1v) is 12.4. The van der Waals surface area contributed by atoms with Crippen molar-refractivity contribution in [1.29, 1.82) is 0 Å². The van der Waals surface area contributed by atoms with Crippen LogP contribution in [0.5, 0.6) is 11.5 Å². The average molecular weight is 507 g/mol. The summed E-state index contributed by atoms with van der Waals surface area (Å²) in [4.78, 5) is 28.9. The Hall–Kier alpha value is -3.87. The lowest BCUT2D eigenvalue weighted by Gasteiger charge is -2.32. The van der Waals surface area contributed by atoms with Crippen LogP contribution in [-0.4, -0.2) is 37.5 Å². The maximum absolute atomic E-state index is 13.8. The number of benzene rings is 3. The van der Waals surface area contributed by atoms with Crippen LogP contribution in [-0.2, 0) is 22.6 Å². The van der Waals surface area contributed by atoms with Gasteiger partial charge in [-0.2, -0.15) is 0 Å². The molecule has 0 radical (unpaired) electrons. The van der Waals surface area contributed by atoms with E-state index in [4.69, 9.17) is 9.47 Å². The third-order valence-electron chi connectivity index (χ3n) is 6.09. The molecule has 6 nitrogen and oxygen atoms in total. The molecule has 3 aromatic carbocycles. The second-order valence-electron chi connectivity index (χ2n) is 9.30. The first-order chi connectivity index (χ1) is 17.8. The molecule has 37 heavy (non-hydrogen) atoms. The molecule has 3 rings (SSSR count). The summed E-state index contributed by atoms with van der Waals surface area (Å²) >= 11 is 0. The number of hydrogen-bond donors (Lipinski definition) is 1. The van der Waals surface area contributed by atoms with Crippen molar-refractivity contribution >= 4 is 11.8 Å². The summed E-state index contributed by atoms with van der Waals surface area (Å²) in [7, 11) is 3.09. The van der Waals surface area contributed by atoms with E-state index in [2.05, 4.69) is 19.2 Å². The van der Waals surface area contributed by atoms with Crippen molar-refractivity contribution in [2.75, 3.05) is 20.8 Å². The van der Waals surface area contributed by atoms with Gasteiger partial charge < -0.3 is 19.7 Å². The van der Waals surface area contributed by atoms with Gasteiger partial charge in [0, 0.05) is 13.1 Å². The molecule has 1 atom stereocenters. The van der Waals surface area contributed by atoms with Crippen molar-refractivity contribution in [2.24, 2.45) is 5.92 Å². The van der Waals surface area contributed by atoms with Crippen molar-refractivity contribution in [3.8, 4) is 11.5 Å². The Morgan fingerprint density at radius 1 is 0.892 bits per heavy atom. The van der Waals surface area contributed by atoms with E-state index in [0.29, 0.717) is 29.5 Å². The summed E-state index contributed by atoms with van der Waals surface area (Å²) in [5.41, 5.74) is 2.14. The minimum Gasteiger partial charge on any atom is -0.493 e. The number of amides is 2. The maximum atomic E-state index is 13.8. The normalized spacial score (nSPS) is 11.6. The summed E-state index contributed by atoms with van der Waals surface area (Å²) in [5, 5.41) is 3.01. The van der Waals surface area contributed by atoms with Crippen molar-refractivity contribution in [3.63, 3.8) is 0 Å². The zero-order chi connectivity index (χ0) is 26.8. The van der Waals surface area contributed by atoms with Crippen molar-refractivity contribution < 1.29 is 23.5 Å². The monoisotopic (exact) mass is 506 g/mol. The first kappa shape index (κ1) is 27.7. The Kier molecular flexibility index (Phi) is 10.1. The van der Waals surface area contributed by atoms with E-state index in [0.717, 1.165) is 17.5 Å². The van der Waals surface area contributed by atoms with E-state index in [1.807, 2.05) is 30.3 Å². The lowest BCUT2D eigenvalue weighted by atomic mass is 10.0. The molecule has 0 aromatic heterocycles. The van der Waals surface area contributed by atoms with Crippen LogP contribution in [0.4, 0.5) is 4.39 Å². The number of carbonyl (C=O) groups excluding carboxylic acids is 2. The number of hydrogen-bond acceptors (Lipinski definition) is 4. The van der Waals surface area contributed by atoms with Crippen LogP contribution in [0.2, 0.25) is 0 Å². The van der Waals surface area contributed by atoms with E-state index >= 15 is 0 Å². The molecule has 0 saturated carbocycles. The molecule has 7 heteroatoms. The predicted molar refractivity (Wildman–Crippen MR) is 142 cm³/mol. The Balaban J connectivity index is 1.98. The van der Waals surface area contributed by atoms with Crippen molar-refractivity contribution in [3.05, 3.63) is 95.3 Å². The van der Waals surface area contributed by atoms with Gasteiger partial charge in [0.15, 0.2) is 11.5 Å². The molecule has 0 saturated heterocycles. The molecule has 0 fully saturated rings. The highest BCUT2D eigenvalue weighted by Gasteiger charge is 2.31. The number of ether oxygens (including phenoxy) is 2. The van der Waals surface area contributed by atoms with Crippen molar-refractivity contribution in [1.82, 2.24) is 10.2 Å². The number of rotatable bonds is 12. The van der Waals surface area contributed by atoms with Gasteiger partial charge >= 0.3 is 0 Å². The lowest BCUT2D eigenvalue weighted by Crippen LogP contribution is -2.44. The minimum atomic E-state index is -0.856. The fourth-order valence-electron chi connectivity index (χ4n) is 4.07. The van der Waals surface area contributed by atoms with Gasteiger partial charge in [-0.1, -0.05) is 62.4 Å². The van der Waals surface area contributed by atoms with Crippen LogP contribution in [0, 0.1) is 11.7 Å². The number of nitrogens with zero attached hydrogens (tertiary/aromatic N) is 1. The van der Waals surface area contributed by atoms with E-state index in [1.54, 1.807) is 42.3 Å². The Morgan fingerprint density at radius 3 is 2.16 bits per heavy atom. The van der Waals surface area contributed by atoms with Gasteiger partial charge in [0.2, 0.25) is 11.8 Å². The first-order valence-electron chi connectivity index (χ1n) is 12.4. The Morgan fingerprint density at radius 2 is 1.54 bits per heavy atom. The summed E-state index contributed by atoms with van der Waals surface area (Å²) in [5.74, 6) is 0.645. The summed E-state index contributed by atoms with van der Waals surface area (Å²) in [6, 6.07) is 19.7. The highest BCUT2D eigenvalue weighted by Crippen LogP contribution is 2.29. The molecule has 1 unspecified atom stereocenters. The van der Waals surface area contributed by atoms with Gasteiger partial charge in [0.05, 0.1) is 20.6 Å². The third-order valence-corrected chi connectivity index (χ3v) is 6.09. The molecule has 0 aliphatic rings. The van der Waals surface area contributed by atoms with Gasteiger partial charge in [-0.05, 0) is 53.3 Å². The van der Waals surface area contributed by atoms with Crippen molar-refractivity contribution in [2.45, 2.75) is 39.3 Å². The van der Waals surface area contributed by atoms with Crippen LogP contribution in [0.1, 0.15) is 43.0 Å². The largest absolute Gasteiger partial charge is 0.493 e. The van der Waals surface area contributed by atoms with Gasteiger partial charge in [0.25, 0.3) is 0 Å². The summed E-state index contributed by atoms with van der Waals surface area (Å²) < 4.78 is 24.3. The van der Waals surface area contributed by atoms with E-state index in [1.165, 1.54) is 19.2 Å². The van der Waals surface area contributed by atoms with Gasteiger partial charge in [-0.3, -0.25) is 9.59 Å². The zero-order valence-electron chi connectivity index (χ0n) is 21.9. The fraction of sp³-hybridized carbons (Fsp3) is 0.333. The topological polar surface area (TPSA) is 67.9 Å². The molecule has 1 N–H and O–H groups in total. The summed E-state index contributed by atoms with van der Waals surface area (Å²) in [6.45, 7) is 4.83. The standard InChI is InChI=1S/C30H35FN2O4/c1-21(2)16-17-32-30(35)29(24-8-6-5-7-9-24)33(20-22-10-13-25(31)14-11-22)28(34)19-23-12-15-26(36-3)27(18-23)37-4/h5-15,18,21,29H,16-17,19-20H2,1-4H3,(H,32,35). The minimum absolute atomic E-state index is 0.0458. The SMILES string of the molecule is COc1ccc(CC(=O)N(Cc2ccc(F)cc2)C(C(=O)NCCC(C)C)c2ccccc2)cc1OC. The average Bonchev–Trinajstić information content (AvgIpc) is 2.89. The van der Waals surface area contributed by atoms with E-state index in [9.17, 15) is 14.0 Å².